The van der Waals surface area contributed by atoms with Crippen molar-refractivity contribution in [2.45, 2.75) is 9.79 Å². The van der Waals surface area contributed by atoms with Crippen molar-refractivity contribution in [1.82, 2.24) is 0 Å². The van der Waals surface area contributed by atoms with Crippen LogP contribution in [0.2, 0.25) is 0 Å². The summed E-state index contributed by atoms with van der Waals surface area (Å²) < 4.78 is 62.9. The molecular formula is C10H7O6S2. The second-order valence-electron chi connectivity index (χ2n) is 3.49. The van der Waals surface area contributed by atoms with Crippen molar-refractivity contribution >= 4 is 31.0 Å². The fourth-order valence-corrected chi connectivity index (χ4v) is 3.13. The Morgan fingerprint density at radius 1 is 0.889 bits per heavy atom. The van der Waals surface area contributed by atoms with Crippen LogP contribution in [0.1, 0.15) is 0 Å². The average molecular weight is 287 g/mol. The maximum atomic E-state index is 11.2. The first-order chi connectivity index (χ1) is 8.21. The lowest BCUT2D eigenvalue weighted by molar-refractivity contribution is 0.483. The summed E-state index contributed by atoms with van der Waals surface area (Å²) in [5, 5.41) is -0.0403. The van der Waals surface area contributed by atoms with E-state index in [4.69, 9.17) is 9.11 Å². The monoisotopic (exact) mass is 287 g/mol. The molecule has 0 heterocycles. The Labute approximate surface area is 103 Å². The Kier molecular flexibility index (Phi) is 2.90. The molecule has 0 saturated carbocycles. The van der Waals surface area contributed by atoms with Crippen LogP contribution in [0.15, 0.2) is 40.1 Å². The molecule has 0 aliphatic rings. The van der Waals surface area contributed by atoms with Crippen LogP contribution in [0.5, 0.6) is 0 Å². The first-order valence-corrected chi connectivity index (χ1v) is 7.47. The Hall–Kier alpha value is -1.48. The summed E-state index contributed by atoms with van der Waals surface area (Å²) in [7, 11) is -9.22. The predicted molar refractivity (Wildman–Crippen MR) is 62.4 cm³/mol. The number of hydrogen-bond acceptors (Lipinski definition) is 4. The van der Waals surface area contributed by atoms with Crippen LogP contribution in [0.25, 0.3) is 10.8 Å². The molecule has 18 heavy (non-hydrogen) atoms. The third kappa shape index (κ3) is 2.23. The Morgan fingerprint density at radius 3 is 2.06 bits per heavy atom. The topological polar surface area (TPSA) is 109 Å². The SMILES string of the molecule is O=S(=O)(O)c1c[c]cc2cccc(S(=O)(=O)O)c12. The summed E-state index contributed by atoms with van der Waals surface area (Å²) >= 11 is 0. The summed E-state index contributed by atoms with van der Waals surface area (Å²) in [5.41, 5.74) is 0. The van der Waals surface area contributed by atoms with Gasteiger partial charge in [-0.1, -0.05) is 12.1 Å². The normalized spacial score (nSPS) is 12.8. The van der Waals surface area contributed by atoms with E-state index in [1.807, 2.05) is 0 Å². The van der Waals surface area contributed by atoms with Crippen molar-refractivity contribution in [2.24, 2.45) is 0 Å². The highest BCUT2D eigenvalue weighted by atomic mass is 32.2. The number of rotatable bonds is 2. The highest BCUT2D eigenvalue weighted by Crippen LogP contribution is 2.28. The Bertz CT molecular complexity index is 754. The molecule has 0 aromatic heterocycles. The molecule has 0 aliphatic carbocycles. The lowest BCUT2D eigenvalue weighted by Crippen LogP contribution is -2.04. The third-order valence-electron chi connectivity index (χ3n) is 2.31. The van der Waals surface area contributed by atoms with E-state index in [1.54, 1.807) is 0 Å². The van der Waals surface area contributed by atoms with Gasteiger partial charge in [-0.05, 0) is 29.7 Å². The van der Waals surface area contributed by atoms with E-state index in [1.165, 1.54) is 18.2 Å². The van der Waals surface area contributed by atoms with E-state index in [0.29, 0.717) is 0 Å². The molecule has 1 radical (unpaired) electrons. The molecule has 2 rings (SSSR count). The van der Waals surface area contributed by atoms with Crippen molar-refractivity contribution in [3.8, 4) is 0 Å². The van der Waals surface area contributed by atoms with Gasteiger partial charge in [0, 0.05) is 5.39 Å². The van der Waals surface area contributed by atoms with Gasteiger partial charge in [-0.2, -0.15) is 16.8 Å². The van der Waals surface area contributed by atoms with Crippen molar-refractivity contribution in [3.63, 3.8) is 0 Å². The van der Waals surface area contributed by atoms with E-state index in [9.17, 15) is 16.8 Å². The minimum atomic E-state index is -4.62. The maximum absolute atomic E-state index is 11.2. The van der Waals surface area contributed by atoms with Crippen LogP contribution >= 0.6 is 0 Å². The molecule has 0 atom stereocenters. The smallest absolute Gasteiger partial charge is 0.282 e. The number of hydrogen-bond donors (Lipinski definition) is 2. The van der Waals surface area contributed by atoms with Gasteiger partial charge < -0.3 is 0 Å². The largest absolute Gasteiger partial charge is 0.295 e. The van der Waals surface area contributed by atoms with Gasteiger partial charge in [0.05, 0.1) is 0 Å². The van der Waals surface area contributed by atoms with E-state index in [-0.39, 0.29) is 10.8 Å². The zero-order valence-electron chi connectivity index (χ0n) is 8.73. The quantitative estimate of drug-likeness (QED) is 0.801. The van der Waals surface area contributed by atoms with Crippen LogP contribution in [0.4, 0.5) is 0 Å². The van der Waals surface area contributed by atoms with Gasteiger partial charge in [0.2, 0.25) is 0 Å². The van der Waals surface area contributed by atoms with Crippen molar-refractivity contribution in [2.75, 3.05) is 0 Å². The van der Waals surface area contributed by atoms with E-state index in [2.05, 4.69) is 6.07 Å². The molecule has 0 saturated heterocycles. The van der Waals surface area contributed by atoms with Crippen LogP contribution < -0.4 is 0 Å². The van der Waals surface area contributed by atoms with E-state index >= 15 is 0 Å². The highest BCUT2D eigenvalue weighted by Gasteiger charge is 2.21. The minimum absolute atomic E-state index is 0.222. The van der Waals surface area contributed by atoms with E-state index in [0.717, 1.165) is 12.1 Å². The molecule has 8 heteroatoms. The molecule has 0 spiro atoms. The van der Waals surface area contributed by atoms with Crippen molar-refractivity contribution in [1.29, 1.82) is 0 Å². The molecule has 0 unspecified atom stereocenters. The zero-order valence-corrected chi connectivity index (χ0v) is 10.4. The van der Waals surface area contributed by atoms with Crippen molar-refractivity contribution < 1.29 is 25.9 Å². The highest BCUT2D eigenvalue weighted by molar-refractivity contribution is 7.87. The first-order valence-electron chi connectivity index (χ1n) is 4.59. The second kappa shape index (κ2) is 4.02. The summed E-state index contributed by atoms with van der Waals surface area (Å²) in [4.78, 5) is -1.20. The van der Waals surface area contributed by atoms with Crippen LogP contribution in [-0.2, 0) is 20.2 Å². The molecule has 2 N–H and O–H groups in total. The second-order valence-corrected chi connectivity index (χ2v) is 6.27. The molecule has 2 aromatic carbocycles. The van der Waals surface area contributed by atoms with Crippen LogP contribution in [-0.4, -0.2) is 25.9 Å². The van der Waals surface area contributed by atoms with Gasteiger partial charge in [-0.3, -0.25) is 9.11 Å². The van der Waals surface area contributed by atoms with E-state index < -0.39 is 30.0 Å². The lowest BCUT2D eigenvalue weighted by Gasteiger charge is -2.07. The Balaban J connectivity index is 3.09. The summed E-state index contributed by atoms with van der Waals surface area (Å²) in [5.74, 6) is 0. The van der Waals surface area contributed by atoms with Crippen molar-refractivity contribution in [3.05, 3.63) is 36.4 Å². The Morgan fingerprint density at radius 2 is 1.50 bits per heavy atom. The van der Waals surface area contributed by atoms with Gasteiger partial charge in [0.1, 0.15) is 9.79 Å². The van der Waals surface area contributed by atoms with Crippen LogP contribution in [0.3, 0.4) is 0 Å². The number of benzene rings is 2. The van der Waals surface area contributed by atoms with Gasteiger partial charge in [0.15, 0.2) is 0 Å². The molecule has 6 nitrogen and oxygen atoms in total. The van der Waals surface area contributed by atoms with Gasteiger partial charge in [0.25, 0.3) is 20.2 Å². The molecule has 0 aliphatic heterocycles. The third-order valence-corrected chi connectivity index (χ3v) is 4.09. The molecule has 95 valence electrons. The lowest BCUT2D eigenvalue weighted by atomic mass is 10.1. The molecule has 0 fully saturated rings. The molecule has 0 amide bonds. The fraction of sp³-hybridized carbons (Fsp3) is 0. The first kappa shape index (κ1) is 13.0. The fourth-order valence-electron chi connectivity index (χ4n) is 1.63. The summed E-state index contributed by atoms with van der Waals surface area (Å²) in [6.07, 6.45) is 0. The molecule has 2 aromatic rings. The maximum Gasteiger partial charge on any atom is 0.295 e. The average Bonchev–Trinajstić information content (AvgIpc) is 2.24. The molecule has 0 bridgehead atoms. The molecular weight excluding hydrogens is 280 g/mol. The van der Waals surface area contributed by atoms with Gasteiger partial charge >= 0.3 is 0 Å². The predicted octanol–water partition coefficient (Wildman–Crippen LogP) is 1.13. The summed E-state index contributed by atoms with van der Waals surface area (Å²) in [6, 6.07) is 8.58. The zero-order chi connectivity index (χ0) is 13.6. The van der Waals surface area contributed by atoms with Gasteiger partial charge in [-0.25, -0.2) is 0 Å². The minimum Gasteiger partial charge on any atom is -0.282 e. The van der Waals surface area contributed by atoms with Gasteiger partial charge in [-0.15, -0.1) is 0 Å². The standard InChI is InChI=1S/C10H7O6S2/c11-17(12,13)8-5-1-3-7-4-2-6-9(10(7)8)18(14,15)16/h1,3-6H,(H,11,12,13)(H,14,15,16). The number of fused-ring (bicyclic) bond motifs is 1. The summed E-state index contributed by atoms with van der Waals surface area (Å²) in [6.45, 7) is 0. The van der Waals surface area contributed by atoms with Crippen LogP contribution in [0, 0.1) is 6.07 Å².